The van der Waals surface area contributed by atoms with E-state index in [9.17, 15) is 4.79 Å². The number of hydrogen-bond donors (Lipinski definition) is 2. The van der Waals surface area contributed by atoms with Gasteiger partial charge in [0.15, 0.2) is 0 Å². The summed E-state index contributed by atoms with van der Waals surface area (Å²) in [5.74, 6) is -0.320. The molecule has 0 fully saturated rings. The Morgan fingerprint density at radius 1 is 1.57 bits per heavy atom. The molecular formula is C10H11BrN2O. The molecule has 0 bridgehead atoms. The SMILES string of the molecule is NC(=O)C1CNc2ccc(Br)cc2C1. The van der Waals surface area contributed by atoms with E-state index in [2.05, 4.69) is 21.2 Å². The van der Waals surface area contributed by atoms with Crippen LogP contribution >= 0.6 is 15.9 Å². The van der Waals surface area contributed by atoms with Crippen LogP contribution in [0.5, 0.6) is 0 Å². The summed E-state index contributed by atoms with van der Waals surface area (Å²) in [6.07, 6.45) is 0.733. The first-order valence-electron chi connectivity index (χ1n) is 4.48. The molecule has 2 rings (SSSR count). The Morgan fingerprint density at radius 2 is 2.36 bits per heavy atom. The highest BCUT2D eigenvalue weighted by Gasteiger charge is 2.22. The predicted molar refractivity (Wildman–Crippen MR) is 59.0 cm³/mol. The van der Waals surface area contributed by atoms with Crippen LogP contribution in [-0.2, 0) is 11.2 Å². The van der Waals surface area contributed by atoms with Gasteiger partial charge in [0.1, 0.15) is 0 Å². The van der Waals surface area contributed by atoms with Crippen molar-refractivity contribution in [2.24, 2.45) is 11.7 Å². The number of anilines is 1. The van der Waals surface area contributed by atoms with Crippen molar-refractivity contribution in [3.63, 3.8) is 0 Å². The Kier molecular flexibility index (Phi) is 2.46. The summed E-state index contributed by atoms with van der Waals surface area (Å²) in [7, 11) is 0. The first-order chi connectivity index (χ1) is 6.66. The van der Waals surface area contributed by atoms with Gasteiger partial charge in [-0.15, -0.1) is 0 Å². The van der Waals surface area contributed by atoms with E-state index in [1.165, 1.54) is 0 Å². The minimum absolute atomic E-state index is 0.0863. The first kappa shape index (κ1) is 9.52. The van der Waals surface area contributed by atoms with E-state index < -0.39 is 0 Å². The van der Waals surface area contributed by atoms with Gasteiger partial charge in [-0.05, 0) is 30.2 Å². The zero-order valence-corrected chi connectivity index (χ0v) is 9.17. The molecule has 1 atom stereocenters. The molecular weight excluding hydrogens is 244 g/mol. The molecule has 0 saturated carbocycles. The summed E-state index contributed by atoms with van der Waals surface area (Å²) in [4.78, 5) is 11.0. The van der Waals surface area contributed by atoms with Gasteiger partial charge in [0.05, 0.1) is 5.92 Å². The minimum Gasteiger partial charge on any atom is -0.384 e. The summed E-state index contributed by atoms with van der Waals surface area (Å²) >= 11 is 3.40. The summed E-state index contributed by atoms with van der Waals surface area (Å²) in [5, 5.41) is 3.20. The number of nitrogens with two attached hydrogens (primary N) is 1. The molecule has 1 aromatic rings. The first-order valence-corrected chi connectivity index (χ1v) is 5.28. The van der Waals surface area contributed by atoms with Crippen molar-refractivity contribution in [3.8, 4) is 0 Å². The van der Waals surface area contributed by atoms with Gasteiger partial charge in [-0.25, -0.2) is 0 Å². The van der Waals surface area contributed by atoms with Crippen LogP contribution in [0.4, 0.5) is 5.69 Å². The summed E-state index contributed by atoms with van der Waals surface area (Å²) < 4.78 is 1.03. The molecule has 1 aromatic carbocycles. The molecule has 1 aliphatic heterocycles. The number of carbonyl (C=O) groups is 1. The van der Waals surface area contributed by atoms with E-state index in [0.29, 0.717) is 6.54 Å². The van der Waals surface area contributed by atoms with Crippen molar-refractivity contribution in [1.82, 2.24) is 0 Å². The topological polar surface area (TPSA) is 55.1 Å². The maximum atomic E-state index is 11.0. The number of nitrogens with one attached hydrogen (secondary N) is 1. The predicted octanol–water partition coefficient (Wildman–Crippen LogP) is 1.52. The Balaban J connectivity index is 2.29. The summed E-state index contributed by atoms with van der Waals surface area (Å²) in [6, 6.07) is 6.02. The van der Waals surface area contributed by atoms with Crippen LogP contribution in [0.2, 0.25) is 0 Å². The minimum atomic E-state index is -0.233. The van der Waals surface area contributed by atoms with Gasteiger partial charge in [0.25, 0.3) is 0 Å². The number of hydrogen-bond acceptors (Lipinski definition) is 2. The highest BCUT2D eigenvalue weighted by molar-refractivity contribution is 9.10. The summed E-state index contributed by atoms with van der Waals surface area (Å²) in [6.45, 7) is 0.643. The number of amides is 1. The van der Waals surface area contributed by atoms with Crippen LogP contribution in [0.15, 0.2) is 22.7 Å². The lowest BCUT2D eigenvalue weighted by molar-refractivity contribution is -0.121. The van der Waals surface area contributed by atoms with E-state index in [1.54, 1.807) is 0 Å². The number of carbonyl (C=O) groups excluding carboxylic acids is 1. The highest BCUT2D eigenvalue weighted by Crippen LogP contribution is 2.27. The van der Waals surface area contributed by atoms with Crippen LogP contribution in [0.3, 0.4) is 0 Å². The van der Waals surface area contributed by atoms with Gasteiger partial charge in [-0.2, -0.15) is 0 Å². The van der Waals surface area contributed by atoms with Gasteiger partial charge in [0, 0.05) is 16.7 Å². The summed E-state index contributed by atoms with van der Waals surface area (Å²) in [5.41, 5.74) is 7.52. The van der Waals surface area contributed by atoms with Crippen molar-refractivity contribution in [2.75, 3.05) is 11.9 Å². The third-order valence-corrected chi connectivity index (χ3v) is 2.97. The Bertz CT molecular complexity index is 378. The number of primary amides is 1. The highest BCUT2D eigenvalue weighted by atomic mass is 79.9. The fourth-order valence-electron chi connectivity index (χ4n) is 1.68. The Labute approximate surface area is 90.8 Å². The maximum absolute atomic E-state index is 11.0. The van der Waals surface area contributed by atoms with E-state index in [0.717, 1.165) is 22.1 Å². The van der Waals surface area contributed by atoms with Gasteiger partial charge < -0.3 is 11.1 Å². The molecule has 0 aromatic heterocycles. The van der Waals surface area contributed by atoms with Crippen molar-refractivity contribution >= 4 is 27.5 Å². The van der Waals surface area contributed by atoms with Crippen molar-refractivity contribution in [1.29, 1.82) is 0 Å². The molecule has 0 saturated heterocycles. The monoisotopic (exact) mass is 254 g/mol. The Hall–Kier alpha value is -1.03. The van der Waals surface area contributed by atoms with E-state index >= 15 is 0 Å². The third kappa shape index (κ3) is 1.75. The number of halogens is 1. The van der Waals surface area contributed by atoms with E-state index in [-0.39, 0.29) is 11.8 Å². The second-order valence-corrected chi connectivity index (χ2v) is 4.40. The fourth-order valence-corrected chi connectivity index (χ4v) is 2.08. The smallest absolute Gasteiger partial charge is 0.222 e. The molecule has 1 amide bonds. The molecule has 14 heavy (non-hydrogen) atoms. The van der Waals surface area contributed by atoms with Gasteiger partial charge in [0.2, 0.25) is 5.91 Å². The molecule has 0 spiro atoms. The fraction of sp³-hybridized carbons (Fsp3) is 0.300. The number of rotatable bonds is 1. The Morgan fingerprint density at radius 3 is 3.07 bits per heavy atom. The van der Waals surface area contributed by atoms with Gasteiger partial charge in [-0.3, -0.25) is 4.79 Å². The largest absolute Gasteiger partial charge is 0.384 e. The maximum Gasteiger partial charge on any atom is 0.222 e. The lowest BCUT2D eigenvalue weighted by Gasteiger charge is -2.24. The zero-order chi connectivity index (χ0) is 10.1. The lowest BCUT2D eigenvalue weighted by atomic mass is 9.94. The normalized spacial score (nSPS) is 19.6. The molecule has 3 nitrogen and oxygen atoms in total. The number of benzene rings is 1. The van der Waals surface area contributed by atoms with Crippen molar-refractivity contribution in [2.45, 2.75) is 6.42 Å². The average Bonchev–Trinajstić information content (AvgIpc) is 2.16. The van der Waals surface area contributed by atoms with Crippen LogP contribution in [0.1, 0.15) is 5.56 Å². The molecule has 1 unspecified atom stereocenters. The third-order valence-electron chi connectivity index (χ3n) is 2.47. The van der Waals surface area contributed by atoms with Crippen molar-refractivity contribution in [3.05, 3.63) is 28.2 Å². The molecule has 1 aliphatic rings. The zero-order valence-electron chi connectivity index (χ0n) is 7.59. The molecule has 4 heteroatoms. The quantitative estimate of drug-likeness (QED) is 0.799. The van der Waals surface area contributed by atoms with E-state index in [4.69, 9.17) is 5.73 Å². The van der Waals surface area contributed by atoms with Gasteiger partial charge >= 0.3 is 0 Å². The lowest BCUT2D eigenvalue weighted by Crippen LogP contribution is -2.34. The van der Waals surface area contributed by atoms with Crippen LogP contribution < -0.4 is 11.1 Å². The molecule has 1 heterocycles. The molecule has 3 N–H and O–H groups in total. The molecule has 0 aliphatic carbocycles. The second-order valence-electron chi connectivity index (χ2n) is 3.49. The average molecular weight is 255 g/mol. The molecule has 0 radical (unpaired) electrons. The standard InChI is InChI=1S/C10H11BrN2O/c11-8-1-2-9-6(4-8)3-7(5-13-9)10(12)14/h1-2,4,7,13H,3,5H2,(H2,12,14). The van der Waals surface area contributed by atoms with Crippen LogP contribution in [-0.4, -0.2) is 12.5 Å². The van der Waals surface area contributed by atoms with Crippen LogP contribution in [0, 0.1) is 5.92 Å². The molecule has 74 valence electrons. The second kappa shape index (κ2) is 3.61. The number of fused-ring (bicyclic) bond motifs is 1. The van der Waals surface area contributed by atoms with Crippen molar-refractivity contribution < 1.29 is 4.79 Å². The van der Waals surface area contributed by atoms with Crippen LogP contribution in [0.25, 0.3) is 0 Å². The van der Waals surface area contributed by atoms with Gasteiger partial charge in [-0.1, -0.05) is 15.9 Å². The van der Waals surface area contributed by atoms with E-state index in [1.807, 2.05) is 18.2 Å².